The smallest absolute Gasteiger partial charge is 0.227 e. The van der Waals surface area contributed by atoms with Crippen molar-refractivity contribution < 1.29 is 4.42 Å². The van der Waals surface area contributed by atoms with E-state index in [2.05, 4.69) is 11.1 Å². The van der Waals surface area contributed by atoms with Crippen molar-refractivity contribution in [3.8, 4) is 17.5 Å². The average molecular weight is 219 g/mol. The van der Waals surface area contributed by atoms with Gasteiger partial charge in [0.15, 0.2) is 0 Å². The fraction of sp³-hybridized carbons (Fsp3) is 0.0909. The third-order valence-electron chi connectivity index (χ3n) is 1.97. The Morgan fingerprint density at radius 3 is 2.87 bits per heavy atom. The summed E-state index contributed by atoms with van der Waals surface area (Å²) in [6.07, 6.45) is 1.50. The summed E-state index contributed by atoms with van der Waals surface area (Å²) in [5.74, 6) is 0.737. The lowest BCUT2D eigenvalue weighted by molar-refractivity contribution is 0.573. The molecular formula is C11H7ClN2O. The number of alkyl halides is 1. The molecule has 0 N–H and O–H groups in total. The highest BCUT2D eigenvalue weighted by molar-refractivity contribution is 6.16. The third kappa shape index (κ3) is 1.85. The molecule has 0 atom stereocenters. The minimum absolute atomic E-state index is 0.304. The molecule has 0 aliphatic heterocycles. The van der Waals surface area contributed by atoms with E-state index in [0.29, 0.717) is 28.6 Å². The van der Waals surface area contributed by atoms with Gasteiger partial charge in [-0.25, -0.2) is 4.98 Å². The monoisotopic (exact) mass is 218 g/mol. The minimum atomic E-state index is 0.304. The quantitative estimate of drug-likeness (QED) is 0.729. The summed E-state index contributed by atoms with van der Waals surface area (Å²) in [5.41, 5.74) is 1.90. The lowest BCUT2D eigenvalue weighted by Crippen LogP contribution is -1.84. The third-order valence-corrected chi connectivity index (χ3v) is 2.24. The predicted octanol–water partition coefficient (Wildman–Crippen LogP) is 2.95. The van der Waals surface area contributed by atoms with Crippen molar-refractivity contribution in [1.82, 2.24) is 4.98 Å². The van der Waals surface area contributed by atoms with Crippen LogP contribution >= 0.6 is 11.6 Å². The van der Waals surface area contributed by atoms with Gasteiger partial charge < -0.3 is 4.42 Å². The van der Waals surface area contributed by atoms with Crippen LogP contribution in [0.4, 0.5) is 0 Å². The molecule has 4 heteroatoms. The maximum atomic E-state index is 8.90. The zero-order chi connectivity index (χ0) is 10.7. The maximum absolute atomic E-state index is 8.90. The highest BCUT2D eigenvalue weighted by Gasteiger charge is 2.09. The summed E-state index contributed by atoms with van der Waals surface area (Å²) >= 11 is 5.61. The summed E-state index contributed by atoms with van der Waals surface area (Å²) < 4.78 is 5.24. The van der Waals surface area contributed by atoms with E-state index in [9.17, 15) is 0 Å². The molecule has 15 heavy (non-hydrogen) atoms. The van der Waals surface area contributed by atoms with Crippen LogP contribution in [0.1, 0.15) is 11.3 Å². The second-order valence-electron chi connectivity index (χ2n) is 2.94. The number of hydrogen-bond acceptors (Lipinski definition) is 3. The van der Waals surface area contributed by atoms with Crippen LogP contribution in [0.15, 0.2) is 34.9 Å². The molecular weight excluding hydrogens is 212 g/mol. The van der Waals surface area contributed by atoms with E-state index in [0.717, 1.165) is 0 Å². The van der Waals surface area contributed by atoms with Gasteiger partial charge in [0.2, 0.25) is 5.89 Å². The summed E-state index contributed by atoms with van der Waals surface area (Å²) in [4.78, 5) is 4.16. The Kier molecular flexibility index (Phi) is 2.70. The van der Waals surface area contributed by atoms with Crippen molar-refractivity contribution in [2.24, 2.45) is 0 Å². The van der Waals surface area contributed by atoms with Crippen LogP contribution in [0.3, 0.4) is 0 Å². The Hall–Kier alpha value is -1.79. The van der Waals surface area contributed by atoms with Crippen LogP contribution in [-0.2, 0) is 5.88 Å². The molecule has 2 aromatic rings. The summed E-state index contributed by atoms with van der Waals surface area (Å²) in [6, 6.07) is 9.24. The van der Waals surface area contributed by atoms with Gasteiger partial charge in [0.25, 0.3) is 0 Å². The zero-order valence-electron chi connectivity index (χ0n) is 7.77. The maximum Gasteiger partial charge on any atom is 0.227 e. The molecule has 0 aliphatic rings. The Balaban J connectivity index is 2.49. The van der Waals surface area contributed by atoms with E-state index in [1.165, 1.54) is 6.26 Å². The van der Waals surface area contributed by atoms with E-state index >= 15 is 0 Å². The first kappa shape index (κ1) is 9.75. The largest absolute Gasteiger partial charge is 0.444 e. The number of rotatable bonds is 2. The number of aromatic nitrogens is 1. The van der Waals surface area contributed by atoms with Crippen LogP contribution in [0, 0.1) is 11.3 Å². The Morgan fingerprint density at radius 1 is 1.40 bits per heavy atom. The highest BCUT2D eigenvalue weighted by atomic mass is 35.5. The first-order valence-electron chi connectivity index (χ1n) is 4.35. The number of nitrogens with zero attached hydrogens (tertiary/aromatic N) is 2. The van der Waals surface area contributed by atoms with Crippen LogP contribution in [0.5, 0.6) is 0 Å². The van der Waals surface area contributed by atoms with Crippen molar-refractivity contribution in [3.63, 3.8) is 0 Å². The van der Waals surface area contributed by atoms with Gasteiger partial charge in [0.1, 0.15) is 6.26 Å². The van der Waals surface area contributed by atoms with Gasteiger partial charge in [0, 0.05) is 0 Å². The first-order valence-corrected chi connectivity index (χ1v) is 4.88. The van der Waals surface area contributed by atoms with Gasteiger partial charge in [-0.3, -0.25) is 0 Å². The molecule has 0 radical (unpaired) electrons. The molecule has 0 aliphatic carbocycles. The van der Waals surface area contributed by atoms with Crippen molar-refractivity contribution in [2.45, 2.75) is 5.88 Å². The van der Waals surface area contributed by atoms with Gasteiger partial charge in [-0.05, 0) is 12.1 Å². The van der Waals surface area contributed by atoms with Crippen LogP contribution in [0.2, 0.25) is 0 Å². The second-order valence-corrected chi connectivity index (χ2v) is 3.20. The van der Waals surface area contributed by atoms with Crippen molar-refractivity contribution >= 4 is 11.6 Å². The van der Waals surface area contributed by atoms with E-state index in [-0.39, 0.29) is 0 Å². The van der Waals surface area contributed by atoms with E-state index in [1.807, 2.05) is 6.07 Å². The second kappa shape index (κ2) is 4.16. The lowest BCUT2D eigenvalue weighted by Gasteiger charge is -1.96. The van der Waals surface area contributed by atoms with Crippen molar-refractivity contribution in [1.29, 1.82) is 5.26 Å². The Labute approximate surface area is 91.9 Å². The van der Waals surface area contributed by atoms with Crippen LogP contribution in [-0.4, -0.2) is 4.98 Å². The van der Waals surface area contributed by atoms with E-state index in [1.54, 1.807) is 18.2 Å². The highest BCUT2D eigenvalue weighted by Crippen LogP contribution is 2.22. The van der Waals surface area contributed by atoms with Crippen LogP contribution in [0.25, 0.3) is 11.5 Å². The fourth-order valence-electron chi connectivity index (χ4n) is 1.26. The van der Waals surface area contributed by atoms with Gasteiger partial charge in [-0.2, -0.15) is 5.26 Å². The Bertz CT molecular complexity index is 513. The molecule has 0 saturated heterocycles. The molecule has 1 aromatic heterocycles. The number of nitriles is 1. The molecule has 1 heterocycles. The standard InChI is InChI=1S/C11H7ClN2O/c12-5-9-7-15-11(14-9)10-4-2-1-3-8(10)6-13/h1-4,7H,5H2. The normalized spacial score (nSPS) is 9.87. The average Bonchev–Trinajstić information content (AvgIpc) is 2.77. The predicted molar refractivity (Wildman–Crippen MR) is 56.2 cm³/mol. The number of halogens is 1. The number of benzene rings is 1. The number of hydrogen-bond donors (Lipinski definition) is 0. The molecule has 0 amide bonds. The van der Waals surface area contributed by atoms with Gasteiger partial charge in [-0.15, -0.1) is 11.6 Å². The molecule has 0 unspecified atom stereocenters. The van der Waals surface area contributed by atoms with Crippen LogP contribution < -0.4 is 0 Å². The molecule has 3 nitrogen and oxygen atoms in total. The molecule has 2 rings (SSSR count). The molecule has 0 bridgehead atoms. The molecule has 0 spiro atoms. The molecule has 0 fully saturated rings. The topological polar surface area (TPSA) is 49.8 Å². The molecule has 1 aromatic carbocycles. The first-order chi connectivity index (χ1) is 7.35. The minimum Gasteiger partial charge on any atom is -0.444 e. The number of oxazole rings is 1. The van der Waals surface area contributed by atoms with E-state index < -0.39 is 0 Å². The zero-order valence-corrected chi connectivity index (χ0v) is 8.53. The SMILES string of the molecule is N#Cc1ccccc1-c1nc(CCl)co1. The summed E-state index contributed by atoms with van der Waals surface area (Å²) in [7, 11) is 0. The summed E-state index contributed by atoms with van der Waals surface area (Å²) in [5, 5.41) is 8.90. The Morgan fingerprint density at radius 2 is 2.20 bits per heavy atom. The summed E-state index contributed by atoms with van der Waals surface area (Å²) in [6.45, 7) is 0. The van der Waals surface area contributed by atoms with E-state index in [4.69, 9.17) is 21.3 Å². The van der Waals surface area contributed by atoms with Crippen molar-refractivity contribution in [3.05, 3.63) is 41.8 Å². The molecule has 74 valence electrons. The lowest BCUT2D eigenvalue weighted by atomic mass is 10.1. The van der Waals surface area contributed by atoms with Gasteiger partial charge in [-0.1, -0.05) is 12.1 Å². The van der Waals surface area contributed by atoms with Gasteiger partial charge in [0.05, 0.1) is 28.8 Å². The van der Waals surface area contributed by atoms with Crippen molar-refractivity contribution in [2.75, 3.05) is 0 Å². The van der Waals surface area contributed by atoms with Gasteiger partial charge >= 0.3 is 0 Å². The fourth-order valence-corrected chi connectivity index (χ4v) is 1.38. The molecule has 0 saturated carbocycles.